The fourth-order valence-electron chi connectivity index (χ4n) is 2.99. The second-order valence-corrected chi connectivity index (χ2v) is 8.54. The van der Waals surface area contributed by atoms with Crippen LogP contribution in [0.2, 0.25) is 0 Å². The molecular weight excluding hydrogens is 498 g/mol. The van der Waals surface area contributed by atoms with Crippen molar-refractivity contribution in [3.8, 4) is 11.5 Å². The van der Waals surface area contributed by atoms with Gasteiger partial charge in [-0.25, -0.2) is 4.79 Å². The van der Waals surface area contributed by atoms with Crippen LogP contribution in [0.25, 0.3) is 6.08 Å². The lowest BCUT2D eigenvalue weighted by atomic mass is 10.1. The Morgan fingerprint density at radius 1 is 1.16 bits per heavy atom. The van der Waals surface area contributed by atoms with E-state index in [1.54, 1.807) is 18.2 Å². The van der Waals surface area contributed by atoms with Crippen LogP contribution in [0.1, 0.15) is 18.1 Å². The average molecular weight is 520 g/mol. The van der Waals surface area contributed by atoms with Gasteiger partial charge in [-0.05, 0) is 70.4 Å². The number of hydrogen-bond acceptors (Lipinski definition) is 7. The molecule has 0 aliphatic carbocycles. The van der Waals surface area contributed by atoms with E-state index in [0.717, 1.165) is 17.3 Å². The molecule has 0 spiro atoms. The number of nitrogens with zero attached hydrogens (tertiary/aromatic N) is 1. The van der Waals surface area contributed by atoms with Gasteiger partial charge in [0.1, 0.15) is 0 Å². The summed E-state index contributed by atoms with van der Waals surface area (Å²) in [5.74, 6) is -0.0886. The van der Waals surface area contributed by atoms with Gasteiger partial charge in [0.15, 0.2) is 18.1 Å². The molecule has 0 aromatic heterocycles. The number of carbonyl (C=O) groups excluding carboxylic acids is 3. The molecule has 32 heavy (non-hydrogen) atoms. The van der Waals surface area contributed by atoms with Crippen molar-refractivity contribution in [3.05, 3.63) is 63.0 Å². The maximum atomic E-state index is 12.8. The number of benzene rings is 2. The molecular formula is C23H22BrNO6S. The molecule has 1 heterocycles. The van der Waals surface area contributed by atoms with Crippen LogP contribution in [-0.2, 0) is 20.7 Å². The van der Waals surface area contributed by atoms with E-state index in [-0.39, 0.29) is 17.8 Å². The maximum Gasteiger partial charge on any atom is 0.343 e. The normalized spacial score (nSPS) is 14.7. The third-order valence-corrected chi connectivity index (χ3v) is 6.03. The van der Waals surface area contributed by atoms with Crippen molar-refractivity contribution in [2.45, 2.75) is 13.3 Å². The van der Waals surface area contributed by atoms with Gasteiger partial charge in [0.25, 0.3) is 11.1 Å². The highest BCUT2D eigenvalue weighted by Crippen LogP contribution is 2.39. The minimum absolute atomic E-state index is 0.269. The second-order valence-electron chi connectivity index (χ2n) is 6.70. The molecule has 0 radical (unpaired) electrons. The highest BCUT2D eigenvalue weighted by Gasteiger charge is 2.34. The minimum atomic E-state index is -0.521. The van der Waals surface area contributed by atoms with Crippen LogP contribution >= 0.6 is 27.7 Å². The van der Waals surface area contributed by atoms with Crippen molar-refractivity contribution in [3.63, 3.8) is 0 Å². The van der Waals surface area contributed by atoms with Crippen LogP contribution in [0, 0.1) is 0 Å². The van der Waals surface area contributed by atoms with E-state index >= 15 is 0 Å². The zero-order valence-electron chi connectivity index (χ0n) is 17.6. The first-order valence-electron chi connectivity index (χ1n) is 9.88. The van der Waals surface area contributed by atoms with Gasteiger partial charge in [-0.3, -0.25) is 14.5 Å². The first-order chi connectivity index (χ1) is 15.4. The summed E-state index contributed by atoms with van der Waals surface area (Å²) in [5, 5.41) is -0.292. The smallest absolute Gasteiger partial charge is 0.343 e. The van der Waals surface area contributed by atoms with E-state index < -0.39 is 5.97 Å². The van der Waals surface area contributed by atoms with Gasteiger partial charge in [0.2, 0.25) is 0 Å². The molecule has 2 aromatic carbocycles. The summed E-state index contributed by atoms with van der Waals surface area (Å²) in [6, 6.07) is 13.1. The molecule has 168 valence electrons. The summed E-state index contributed by atoms with van der Waals surface area (Å²) >= 11 is 4.33. The summed E-state index contributed by atoms with van der Waals surface area (Å²) in [6.45, 7) is 2.25. The Hall–Kier alpha value is -2.78. The number of amides is 2. The molecule has 0 saturated carbocycles. The minimum Gasteiger partial charge on any atom is -0.490 e. The molecule has 1 aliphatic heterocycles. The van der Waals surface area contributed by atoms with Gasteiger partial charge in [0, 0.05) is 6.54 Å². The summed E-state index contributed by atoms with van der Waals surface area (Å²) in [6.07, 6.45) is 2.24. The van der Waals surface area contributed by atoms with Gasteiger partial charge in [-0.2, -0.15) is 0 Å². The highest BCUT2D eigenvalue weighted by molar-refractivity contribution is 9.10. The fourth-order valence-corrected chi connectivity index (χ4v) is 4.43. The highest BCUT2D eigenvalue weighted by atomic mass is 79.9. The molecule has 0 bridgehead atoms. The number of hydrogen-bond donors (Lipinski definition) is 0. The van der Waals surface area contributed by atoms with Crippen molar-refractivity contribution in [2.75, 3.05) is 26.9 Å². The van der Waals surface area contributed by atoms with Crippen molar-refractivity contribution in [1.82, 2.24) is 4.90 Å². The predicted octanol–water partition coefficient (Wildman–Crippen LogP) is 4.68. The Kier molecular flexibility index (Phi) is 8.35. The Balaban J connectivity index is 1.78. The van der Waals surface area contributed by atoms with E-state index in [2.05, 4.69) is 20.7 Å². The molecule has 2 amide bonds. The van der Waals surface area contributed by atoms with Gasteiger partial charge in [-0.1, -0.05) is 30.3 Å². The molecule has 0 unspecified atom stereocenters. The topological polar surface area (TPSA) is 82.1 Å². The maximum absolute atomic E-state index is 12.8. The van der Waals surface area contributed by atoms with E-state index in [1.165, 1.54) is 12.0 Å². The third-order valence-electron chi connectivity index (χ3n) is 4.53. The number of imide groups is 1. The number of halogens is 1. The summed E-state index contributed by atoms with van der Waals surface area (Å²) in [7, 11) is 1.28. The number of ether oxygens (including phenoxy) is 3. The second kappa shape index (κ2) is 11.2. The van der Waals surface area contributed by atoms with Crippen molar-refractivity contribution in [1.29, 1.82) is 0 Å². The van der Waals surface area contributed by atoms with Gasteiger partial charge in [0.05, 0.1) is 23.1 Å². The number of thioether (sulfide) groups is 1. The first kappa shape index (κ1) is 23.9. The Morgan fingerprint density at radius 3 is 2.59 bits per heavy atom. The van der Waals surface area contributed by atoms with Gasteiger partial charge >= 0.3 is 5.97 Å². The third kappa shape index (κ3) is 5.92. The summed E-state index contributed by atoms with van der Waals surface area (Å²) in [5.41, 5.74) is 1.71. The van der Waals surface area contributed by atoms with Crippen molar-refractivity contribution >= 4 is 50.9 Å². The first-order valence-corrected chi connectivity index (χ1v) is 11.5. The summed E-state index contributed by atoms with van der Waals surface area (Å²) < 4.78 is 16.3. The number of rotatable bonds is 9. The lowest BCUT2D eigenvalue weighted by Gasteiger charge is -2.14. The largest absolute Gasteiger partial charge is 0.490 e. The molecule has 0 N–H and O–H groups in total. The Labute approximate surface area is 198 Å². The zero-order chi connectivity index (χ0) is 23.1. The average Bonchev–Trinajstić information content (AvgIpc) is 3.04. The quantitative estimate of drug-likeness (QED) is 0.351. The Morgan fingerprint density at radius 2 is 1.91 bits per heavy atom. The number of methoxy groups -OCH3 is 1. The van der Waals surface area contributed by atoms with Crippen LogP contribution in [0.5, 0.6) is 11.5 Å². The van der Waals surface area contributed by atoms with Crippen LogP contribution in [0.3, 0.4) is 0 Å². The van der Waals surface area contributed by atoms with E-state index in [1.807, 2.05) is 37.3 Å². The number of carbonyl (C=O) groups is 3. The van der Waals surface area contributed by atoms with Crippen molar-refractivity contribution < 1.29 is 28.6 Å². The van der Waals surface area contributed by atoms with Crippen LogP contribution in [0.4, 0.5) is 4.79 Å². The van der Waals surface area contributed by atoms with Crippen molar-refractivity contribution in [2.24, 2.45) is 0 Å². The lowest BCUT2D eigenvalue weighted by Crippen LogP contribution is -2.30. The van der Waals surface area contributed by atoms with E-state index in [9.17, 15) is 14.4 Å². The van der Waals surface area contributed by atoms with Crippen LogP contribution in [-0.4, -0.2) is 48.9 Å². The van der Waals surface area contributed by atoms with Crippen LogP contribution in [0.15, 0.2) is 51.8 Å². The zero-order valence-corrected chi connectivity index (χ0v) is 20.0. The standard InChI is InChI=1S/C23H22BrNO6S/c1-3-30-18-12-16(11-17(24)21(18)31-14-20(26)29-2)13-19-22(27)25(23(28)32-19)10-9-15-7-5-4-6-8-15/h4-8,11-13H,3,9-10,14H2,1-2H3/b19-13-. The molecule has 9 heteroatoms. The monoisotopic (exact) mass is 519 g/mol. The lowest BCUT2D eigenvalue weighted by molar-refractivity contribution is -0.143. The molecule has 1 saturated heterocycles. The van der Waals surface area contributed by atoms with Gasteiger partial charge in [-0.15, -0.1) is 0 Å². The molecule has 3 rings (SSSR count). The molecule has 1 aliphatic rings. The molecule has 2 aromatic rings. The molecule has 0 atom stereocenters. The molecule has 1 fully saturated rings. The molecule has 7 nitrogen and oxygen atoms in total. The van der Waals surface area contributed by atoms with E-state index in [4.69, 9.17) is 9.47 Å². The fraction of sp³-hybridized carbons (Fsp3) is 0.261. The SMILES string of the molecule is CCOc1cc(/C=C2\SC(=O)N(CCc3ccccc3)C2=O)cc(Br)c1OCC(=O)OC. The predicted molar refractivity (Wildman–Crippen MR) is 126 cm³/mol. The van der Waals surface area contributed by atoms with Gasteiger partial charge < -0.3 is 14.2 Å². The van der Waals surface area contributed by atoms with Crippen LogP contribution < -0.4 is 9.47 Å². The summed E-state index contributed by atoms with van der Waals surface area (Å²) in [4.78, 5) is 38.2. The number of esters is 1. The van der Waals surface area contributed by atoms with E-state index in [0.29, 0.717) is 46.0 Å². The Bertz CT molecular complexity index is 1040.